The number of allylic oxidation sites excluding steroid dienone is 1. The summed E-state index contributed by atoms with van der Waals surface area (Å²) >= 11 is 0. The van der Waals surface area contributed by atoms with Gasteiger partial charge in [-0.1, -0.05) is 103 Å². The number of benzene rings is 4. The van der Waals surface area contributed by atoms with Crippen LogP contribution in [0, 0.1) is 17.8 Å². The predicted molar refractivity (Wildman–Crippen MR) is 265 cm³/mol. The Kier molecular flexibility index (Phi) is 16.6. The van der Waals surface area contributed by atoms with Gasteiger partial charge in [-0.05, 0) is 104 Å². The smallest absolute Gasteiger partial charge is 0.410 e. The van der Waals surface area contributed by atoms with Crippen molar-refractivity contribution in [2.75, 3.05) is 59.3 Å². The Labute approximate surface area is 402 Å². The van der Waals surface area contributed by atoms with Gasteiger partial charge in [-0.3, -0.25) is 9.80 Å². The lowest BCUT2D eigenvalue weighted by Crippen LogP contribution is -2.70. The molecule has 2 N–H and O–H groups in total. The number of fused-ring (bicyclic) bond motifs is 3. The second-order valence-electron chi connectivity index (χ2n) is 19.6. The number of carbonyl (C=O) groups excluding carboxylic acids is 1. The molecule has 2 aliphatic carbocycles. The molecule has 0 spiro atoms. The van der Waals surface area contributed by atoms with Crippen LogP contribution < -0.4 is 9.47 Å². The standard InChI is InChI=1S/C56H71N3O9/c1-5-31-66-56-51(59(38-43-21-15-20-41-18-9-10-22-45(41)43)54(62)65-34-33-63-39-40-16-7-6-8-17-40)37-49(57-68-55(2,3)4)47-35-42(19-11-13-29-60)46(23-12-14-30-61)52(53(47)56)48-36-44(24-25-50(48)67-56)64-32-28-58-26-27-58/h5-10,15-18,20-22,24-25,35-36,42,46,51-53,60-61H,1,11-14,19,23,26-34,37-39H2,2-4H3. The minimum atomic E-state index is -1.46. The number of aliphatic hydroxyl groups is 2. The average Bonchev–Trinajstić information content (AvgIpc) is 4.17. The molecule has 4 aliphatic rings. The largest absolute Gasteiger partial charge is 0.492 e. The minimum Gasteiger partial charge on any atom is -0.492 e. The molecule has 2 aliphatic heterocycles. The van der Waals surface area contributed by atoms with Crippen LogP contribution in [0.4, 0.5) is 4.79 Å². The molecule has 364 valence electrons. The van der Waals surface area contributed by atoms with Crippen molar-refractivity contribution in [2.45, 2.75) is 102 Å². The van der Waals surface area contributed by atoms with Crippen molar-refractivity contribution < 1.29 is 43.5 Å². The lowest BCUT2D eigenvalue weighted by molar-refractivity contribution is -0.256. The van der Waals surface area contributed by atoms with Crippen LogP contribution >= 0.6 is 0 Å². The first-order chi connectivity index (χ1) is 33.1. The van der Waals surface area contributed by atoms with Gasteiger partial charge in [0.1, 0.15) is 36.4 Å². The number of nitrogens with zero attached hydrogens (tertiary/aromatic N) is 3. The first-order valence-electron chi connectivity index (χ1n) is 24.8. The maximum absolute atomic E-state index is 15.2. The number of ether oxygens (including phenoxy) is 5. The van der Waals surface area contributed by atoms with Gasteiger partial charge in [-0.25, -0.2) is 4.79 Å². The van der Waals surface area contributed by atoms with Crippen LogP contribution in [-0.4, -0.2) is 109 Å². The fourth-order valence-electron chi connectivity index (χ4n) is 10.5. The lowest BCUT2D eigenvalue weighted by atomic mass is 9.55. The molecule has 0 aromatic heterocycles. The molecular formula is C56H71N3O9. The van der Waals surface area contributed by atoms with Gasteiger partial charge in [0.2, 0.25) is 5.79 Å². The third-order valence-electron chi connectivity index (χ3n) is 13.7. The highest BCUT2D eigenvalue weighted by atomic mass is 16.7. The van der Waals surface area contributed by atoms with E-state index in [9.17, 15) is 10.2 Å². The molecule has 0 radical (unpaired) electrons. The molecule has 1 saturated heterocycles. The Morgan fingerprint density at radius 1 is 0.926 bits per heavy atom. The lowest BCUT2D eigenvalue weighted by Gasteiger charge is -2.60. The van der Waals surface area contributed by atoms with Gasteiger partial charge in [0.05, 0.1) is 38.0 Å². The molecule has 6 unspecified atom stereocenters. The number of hydrogen-bond donors (Lipinski definition) is 2. The monoisotopic (exact) mass is 930 g/mol. The summed E-state index contributed by atoms with van der Waals surface area (Å²) in [6, 6.07) is 29.6. The maximum atomic E-state index is 15.2. The number of unbranched alkanes of at least 4 members (excludes halogenated alkanes) is 2. The Morgan fingerprint density at radius 3 is 2.46 bits per heavy atom. The van der Waals surface area contributed by atoms with Crippen LogP contribution in [0.3, 0.4) is 0 Å². The van der Waals surface area contributed by atoms with E-state index in [4.69, 9.17) is 33.7 Å². The zero-order valence-electron chi connectivity index (χ0n) is 40.2. The number of rotatable bonds is 24. The molecular weight excluding hydrogens is 859 g/mol. The molecule has 4 aromatic rings. The Hall–Kier alpha value is -5.24. The SMILES string of the molecule is C=CCOC12Oc3ccc(OCCN4CC4)cc3C3C(CCCCO)C(CCCCO)C=C(C(=NOC(C)(C)C)CC1N(Cc1cccc4ccccc14)C(=O)OCCOCc1ccccc1)C32. The summed E-state index contributed by atoms with van der Waals surface area (Å²) in [4.78, 5) is 25.7. The number of aliphatic hydroxyl groups excluding tert-OH is 2. The summed E-state index contributed by atoms with van der Waals surface area (Å²) in [7, 11) is 0. The van der Waals surface area contributed by atoms with E-state index in [2.05, 4.69) is 47.9 Å². The molecule has 68 heavy (non-hydrogen) atoms. The molecule has 2 fully saturated rings. The summed E-state index contributed by atoms with van der Waals surface area (Å²) in [5, 5.41) is 27.2. The molecule has 8 rings (SSSR count). The quantitative estimate of drug-likeness (QED) is 0.0303. The molecule has 4 aromatic carbocycles. The molecule has 1 amide bonds. The molecule has 0 bridgehead atoms. The normalized spacial score (nSPS) is 23.5. The summed E-state index contributed by atoms with van der Waals surface area (Å²) in [6.07, 6.45) is 8.50. The fourth-order valence-corrected chi connectivity index (χ4v) is 10.5. The van der Waals surface area contributed by atoms with Gasteiger partial charge in [0.25, 0.3) is 0 Å². The highest BCUT2D eigenvalue weighted by Crippen LogP contribution is 2.62. The summed E-state index contributed by atoms with van der Waals surface area (Å²) < 4.78 is 33.5. The maximum Gasteiger partial charge on any atom is 0.410 e. The van der Waals surface area contributed by atoms with Gasteiger partial charge in [0, 0.05) is 50.8 Å². The first kappa shape index (κ1) is 49.2. The van der Waals surface area contributed by atoms with Gasteiger partial charge in [0.15, 0.2) is 0 Å². The predicted octanol–water partition coefficient (Wildman–Crippen LogP) is 9.82. The van der Waals surface area contributed by atoms with E-state index >= 15 is 4.79 Å². The third kappa shape index (κ3) is 11.8. The van der Waals surface area contributed by atoms with E-state index in [0.29, 0.717) is 31.8 Å². The Balaban J connectivity index is 1.28. The molecule has 6 atom stereocenters. The van der Waals surface area contributed by atoms with E-state index < -0.39 is 29.4 Å². The van der Waals surface area contributed by atoms with Crippen molar-refractivity contribution in [1.82, 2.24) is 9.80 Å². The van der Waals surface area contributed by atoms with E-state index in [-0.39, 0.29) is 63.8 Å². The summed E-state index contributed by atoms with van der Waals surface area (Å²) in [5.41, 5.74) is 4.07. The Morgan fingerprint density at radius 2 is 1.69 bits per heavy atom. The van der Waals surface area contributed by atoms with Crippen LogP contribution in [-0.2, 0) is 32.2 Å². The molecule has 2 heterocycles. The van der Waals surface area contributed by atoms with Crippen molar-refractivity contribution in [3.63, 3.8) is 0 Å². The summed E-state index contributed by atoms with van der Waals surface area (Å²) in [5.74, 6) is -0.533. The number of carbonyl (C=O) groups is 1. The van der Waals surface area contributed by atoms with E-state index in [0.717, 1.165) is 89.8 Å². The highest BCUT2D eigenvalue weighted by Gasteiger charge is 2.66. The number of amides is 1. The second-order valence-corrected chi connectivity index (χ2v) is 19.6. The number of oxime groups is 1. The molecule has 1 saturated carbocycles. The molecule has 12 nitrogen and oxygen atoms in total. The van der Waals surface area contributed by atoms with Gasteiger partial charge >= 0.3 is 6.09 Å². The average molecular weight is 930 g/mol. The fraction of sp³-hybridized carbons (Fsp3) is 0.500. The van der Waals surface area contributed by atoms with Crippen molar-refractivity contribution in [3.05, 3.63) is 132 Å². The van der Waals surface area contributed by atoms with Crippen LogP contribution in [0.2, 0.25) is 0 Å². The van der Waals surface area contributed by atoms with Crippen LogP contribution in [0.1, 0.15) is 88.3 Å². The highest BCUT2D eigenvalue weighted by molar-refractivity contribution is 6.03. The number of hydrogen-bond acceptors (Lipinski definition) is 11. The molecule has 12 heteroatoms. The van der Waals surface area contributed by atoms with Crippen molar-refractivity contribution in [3.8, 4) is 11.5 Å². The van der Waals surface area contributed by atoms with Crippen LogP contribution in [0.15, 0.2) is 120 Å². The van der Waals surface area contributed by atoms with Crippen LogP contribution in [0.5, 0.6) is 11.5 Å². The van der Waals surface area contributed by atoms with Crippen molar-refractivity contribution in [1.29, 1.82) is 0 Å². The zero-order chi connectivity index (χ0) is 47.5. The first-order valence-corrected chi connectivity index (χ1v) is 24.8. The van der Waals surface area contributed by atoms with Gasteiger partial charge < -0.3 is 38.7 Å². The zero-order valence-corrected chi connectivity index (χ0v) is 40.2. The van der Waals surface area contributed by atoms with Crippen molar-refractivity contribution in [2.24, 2.45) is 22.9 Å². The third-order valence-corrected chi connectivity index (χ3v) is 13.7. The minimum absolute atomic E-state index is 0.0307. The summed E-state index contributed by atoms with van der Waals surface area (Å²) in [6.45, 7) is 14.8. The van der Waals surface area contributed by atoms with Crippen molar-refractivity contribution >= 4 is 22.6 Å². The van der Waals surface area contributed by atoms with E-state index in [1.54, 1.807) is 11.0 Å². The van der Waals surface area contributed by atoms with Gasteiger partial charge in [-0.2, -0.15) is 0 Å². The second kappa shape index (κ2) is 22.9. The topological polar surface area (TPSA) is 132 Å². The van der Waals surface area contributed by atoms with Crippen LogP contribution in [0.25, 0.3) is 10.8 Å². The van der Waals surface area contributed by atoms with E-state index in [1.807, 2.05) is 81.4 Å². The van der Waals surface area contributed by atoms with Gasteiger partial charge in [-0.15, -0.1) is 6.58 Å². The van der Waals surface area contributed by atoms with E-state index in [1.165, 1.54) is 0 Å². The Bertz CT molecular complexity index is 2350.